The van der Waals surface area contributed by atoms with Crippen molar-refractivity contribution < 1.29 is 22.7 Å². The number of thiophene rings is 1. The van der Waals surface area contributed by atoms with Gasteiger partial charge < -0.3 is 10.1 Å². The maximum atomic E-state index is 13.6. The van der Waals surface area contributed by atoms with Gasteiger partial charge in [-0.3, -0.25) is 4.79 Å². The van der Waals surface area contributed by atoms with Crippen LogP contribution in [0, 0.1) is 24.6 Å². The number of fused-ring (bicyclic) bond motifs is 1. The number of aliphatic carboxylic acids is 1. The Morgan fingerprint density at radius 1 is 1.15 bits per heavy atom. The molecule has 2 aromatic carbocycles. The smallest absolute Gasteiger partial charge is 0.322 e. The number of aromatic nitrogens is 1. The number of hydrogen-bond acceptors (Lipinski definition) is 4. The highest BCUT2D eigenvalue weighted by molar-refractivity contribution is 7.91. The molecular formula is C24H19FN2O4S2. The molecule has 0 saturated carbocycles. The summed E-state index contributed by atoms with van der Waals surface area (Å²) in [5.41, 5.74) is 3.04. The molecule has 4 aromatic rings. The zero-order chi connectivity index (χ0) is 23.6. The number of carboxylic acids is 1. The standard InChI is InChI=1S/C24H19FN2O4S2/c1-15-2-4-16(5-3-15)6-8-19-9-11-23(32-19)33(30,31)27-22(24(28)29)12-17-14-26-21-10-7-18(25)13-20(17)21/h2-5,7,9-11,13-14,22,26-27H,12H2,1H3,(H,28,29). The number of hydrogen-bond donors (Lipinski definition) is 3. The van der Waals surface area contributed by atoms with E-state index >= 15 is 0 Å². The van der Waals surface area contributed by atoms with E-state index in [1.807, 2.05) is 31.2 Å². The fraction of sp³-hybridized carbons (Fsp3) is 0.125. The van der Waals surface area contributed by atoms with Gasteiger partial charge in [0.2, 0.25) is 0 Å². The van der Waals surface area contributed by atoms with Crippen molar-refractivity contribution in [1.29, 1.82) is 0 Å². The minimum absolute atomic E-state index is 0.0353. The van der Waals surface area contributed by atoms with Crippen LogP contribution >= 0.6 is 11.3 Å². The van der Waals surface area contributed by atoms with E-state index < -0.39 is 27.9 Å². The third kappa shape index (κ3) is 5.31. The van der Waals surface area contributed by atoms with Gasteiger partial charge in [0.05, 0.1) is 4.88 Å². The molecule has 0 saturated heterocycles. The van der Waals surface area contributed by atoms with Crippen LogP contribution in [-0.4, -0.2) is 30.5 Å². The highest BCUT2D eigenvalue weighted by atomic mass is 32.2. The van der Waals surface area contributed by atoms with Crippen molar-refractivity contribution in [2.45, 2.75) is 23.6 Å². The lowest BCUT2D eigenvalue weighted by atomic mass is 10.1. The maximum absolute atomic E-state index is 13.6. The molecule has 3 N–H and O–H groups in total. The van der Waals surface area contributed by atoms with E-state index in [-0.39, 0.29) is 10.6 Å². The van der Waals surface area contributed by atoms with Crippen LogP contribution in [0.2, 0.25) is 0 Å². The van der Waals surface area contributed by atoms with Gasteiger partial charge in [-0.1, -0.05) is 29.5 Å². The van der Waals surface area contributed by atoms with Crippen LogP contribution in [0.1, 0.15) is 21.6 Å². The van der Waals surface area contributed by atoms with Crippen LogP contribution in [0.5, 0.6) is 0 Å². The number of sulfonamides is 1. The van der Waals surface area contributed by atoms with Crippen molar-refractivity contribution in [3.63, 3.8) is 0 Å². The maximum Gasteiger partial charge on any atom is 0.322 e. The molecule has 1 atom stereocenters. The predicted octanol–water partition coefficient (Wildman–Crippen LogP) is 4.05. The number of H-pyrrole nitrogens is 1. The van der Waals surface area contributed by atoms with Crippen LogP contribution in [0.15, 0.2) is 65.0 Å². The first-order valence-corrected chi connectivity index (χ1v) is 12.2. The van der Waals surface area contributed by atoms with Crippen molar-refractivity contribution in [3.05, 3.63) is 88.2 Å². The zero-order valence-corrected chi connectivity index (χ0v) is 19.1. The van der Waals surface area contributed by atoms with Gasteiger partial charge in [-0.05, 0) is 55.0 Å². The topological polar surface area (TPSA) is 99.3 Å². The normalized spacial score (nSPS) is 12.3. The summed E-state index contributed by atoms with van der Waals surface area (Å²) in [6.07, 6.45) is 1.40. The van der Waals surface area contributed by atoms with Gasteiger partial charge in [-0.25, -0.2) is 12.8 Å². The first kappa shape index (κ1) is 22.7. The van der Waals surface area contributed by atoms with Gasteiger partial charge in [0.15, 0.2) is 0 Å². The van der Waals surface area contributed by atoms with Crippen LogP contribution < -0.4 is 4.72 Å². The van der Waals surface area contributed by atoms with Crippen LogP contribution in [0.25, 0.3) is 10.9 Å². The average Bonchev–Trinajstić information content (AvgIpc) is 3.40. The summed E-state index contributed by atoms with van der Waals surface area (Å²) in [6, 6.07) is 13.3. The molecule has 33 heavy (non-hydrogen) atoms. The molecule has 0 bridgehead atoms. The van der Waals surface area contributed by atoms with E-state index in [9.17, 15) is 22.7 Å². The van der Waals surface area contributed by atoms with E-state index in [0.717, 1.165) is 22.5 Å². The second-order valence-corrected chi connectivity index (χ2v) is 10.5. The first-order chi connectivity index (χ1) is 15.7. The molecular weight excluding hydrogens is 463 g/mol. The van der Waals surface area contributed by atoms with Crippen molar-refractivity contribution in [3.8, 4) is 11.8 Å². The molecule has 1 unspecified atom stereocenters. The Morgan fingerprint density at radius 2 is 1.91 bits per heavy atom. The second kappa shape index (κ2) is 9.19. The van der Waals surface area contributed by atoms with Crippen LogP contribution in [0.4, 0.5) is 4.39 Å². The summed E-state index contributed by atoms with van der Waals surface area (Å²) in [4.78, 5) is 15.3. The number of aryl methyl sites for hydroxylation is 1. The first-order valence-electron chi connectivity index (χ1n) is 9.90. The average molecular weight is 483 g/mol. The summed E-state index contributed by atoms with van der Waals surface area (Å²) >= 11 is 0.956. The van der Waals surface area contributed by atoms with Gasteiger partial charge in [0.1, 0.15) is 16.1 Å². The lowest BCUT2D eigenvalue weighted by molar-refractivity contribution is -0.138. The molecule has 0 radical (unpaired) electrons. The SMILES string of the molecule is Cc1ccc(C#Cc2ccc(S(=O)(=O)NC(Cc3c[nH]c4ccc(F)cc34)C(=O)O)s2)cc1. The highest BCUT2D eigenvalue weighted by Gasteiger charge is 2.27. The Hall–Kier alpha value is -3.45. The third-order valence-corrected chi connectivity index (χ3v) is 7.94. The van der Waals surface area contributed by atoms with E-state index in [2.05, 4.69) is 21.5 Å². The minimum Gasteiger partial charge on any atom is -0.480 e. The molecule has 2 heterocycles. The Balaban J connectivity index is 1.53. The second-order valence-electron chi connectivity index (χ2n) is 7.45. The largest absolute Gasteiger partial charge is 0.480 e. The molecule has 4 rings (SSSR count). The lowest BCUT2D eigenvalue weighted by Crippen LogP contribution is -2.41. The van der Waals surface area contributed by atoms with Crippen molar-refractivity contribution >= 4 is 38.2 Å². The molecule has 6 nitrogen and oxygen atoms in total. The van der Waals surface area contributed by atoms with E-state index in [0.29, 0.717) is 21.3 Å². The molecule has 0 amide bonds. The lowest BCUT2D eigenvalue weighted by Gasteiger charge is -2.13. The van der Waals surface area contributed by atoms with Gasteiger partial charge in [0.25, 0.3) is 10.0 Å². The molecule has 0 aliphatic rings. The molecule has 2 aromatic heterocycles. The molecule has 0 fully saturated rings. The minimum atomic E-state index is -4.10. The highest BCUT2D eigenvalue weighted by Crippen LogP contribution is 2.24. The zero-order valence-electron chi connectivity index (χ0n) is 17.4. The van der Waals surface area contributed by atoms with Gasteiger partial charge in [-0.15, -0.1) is 11.3 Å². The third-order valence-electron chi connectivity index (χ3n) is 4.98. The number of carboxylic acid groups (broad SMARTS) is 1. The van der Waals surface area contributed by atoms with Gasteiger partial charge >= 0.3 is 5.97 Å². The van der Waals surface area contributed by atoms with Gasteiger partial charge in [-0.2, -0.15) is 4.72 Å². The number of aromatic amines is 1. The Morgan fingerprint density at radius 3 is 2.64 bits per heavy atom. The van der Waals surface area contributed by atoms with Crippen molar-refractivity contribution in [2.75, 3.05) is 0 Å². The number of carbonyl (C=O) groups is 1. The Labute approximate surface area is 194 Å². The van der Waals surface area contributed by atoms with E-state index in [1.165, 1.54) is 18.2 Å². The van der Waals surface area contributed by atoms with E-state index in [1.54, 1.807) is 18.3 Å². The predicted molar refractivity (Wildman–Crippen MR) is 125 cm³/mol. The quantitative estimate of drug-likeness (QED) is 0.361. The van der Waals surface area contributed by atoms with E-state index in [4.69, 9.17) is 0 Å². The molecule has 0 aliphatic heterocycles. The van der Waals surface area contributed by atoms with Crippen molar-refractivity contribution in [1.82, 2.24) is 9.71 Å². The summed E-state index contributed by atoms with van der Waals surface area (Å²) < 4.78 is 41.5. The molecule has 168 valence electrons. The fourth-order valence-corrected chi connectivity index (χ4v) is 5.63. The summed E-state index contributed by atoms with van der Waals surface area (Å²) in [7, 11) is -4.10. The van der Waals surface area contributed by atoms with Crippen LogP contribution in [-0.2, 0) is 21.2 Å². The number of rotatable bonds is 6. The van der Waals surface area contributed by atoms with Crippen molar-refractivity contribution in [2.24, 2.45) is 0 Å². The molecule has 0 aliphatic carbocycles. The Kier molecular flexibility index (Phi) is 6.33. The Bertz CT molecular complexity index is 1490. The number of benzene rings is 2. The summed E-state index contributed by atoms with van der Waals surface area (Å²) in [6.45, 7) is 1.97. The number of halogens is 1. The molecule has 0 spiro atoms. The van der Waals surface area contributed by atoms with Crippen LogP contribution in [0.3, 0.4) is 0 Å². The number of nitrogens with one attached hydrogen (secondary N) is 2. The van der Waals surface area contributed by atoms with Gasteiger partial charge in [0, 0.05) is 29.1 Å². The summed E-state index contributed by atoms with van der Waals surface area (Å²) in [5.74, 6) is 4.11. The summed E-state index contributed by atoms with van der Waals surface area (Å²) in [5, 5.41) is 10.1. The monoisotopic (exact) mass is 482 g/mol. The molecule has 9 heteroatoms. The fourth-order valence-electron chi connectivity index (χ4n) is 3.27.